The molecule has 1 aliphatic heterocycles. The van der Waals surface area contributed by atoms with Crippen LogP contribution in [0.1, 0.15) is 63.0 Å². The molecule has 1 fully saturated rings. The van der Waals surface area contributed by atoms with Gasteiger partial charge in [0.05, 0.1) is 42.1 Å². The summed E-state index contributed by atoms with van der Waals surface area (Å²) in [6, 6.07) is -6.97. The van der Waals surface area contributed by atoms with Crippen molar-refractivity contribution in [2.24, 2.45) is 11.7 Å². The van der Waals surface area contributed by atoms with Gasteiger partial charge in [-0.2, -0.15) is 0 Å². The van der Waals surface area contributed by atoms with E-state index in [0.717, 1.165) is 6.42 Å². The third-order valence-electron chi connectivity index (χ3n) is 8.81. The molecule has 0 saturated carbocycles. The molecule has 1 aliphatic rings. The number of aliphatic carboxylic acids is 1. The van der Waals surface area contributed by atoms with Crippen LogP contribution in [0.4, 0.5) is 0 Å². The van der Waals surface area contributed by atoms with Gasteiger partial charge in [0.2, 0.25) is 35.4 Å². The van der Waals surface area contributed by atoms with Crippen molar-refractivity contribution >= 4 is 41.4 Å². The van der Waals surface area contributed by atoms with Crippen molar-refractivity contribution in [3.05, 3.63) is 54.7 Å². The number of nitrogens with one attached hydrogen (secondary N) is 9. The first-order chi connectivity index (χ1) is 26.3. The van der Waals surface area contributed by atoms with Gasteiger partial charge in [-0.3, -0.25) is 28.8 Å². The lowest BCUT2D eigenvalue weighted by molar-refractivity contribution is -0.142. The number of H-pyrrole nitrogens is 3. The molecule has 3 aromatic heterocycles. The lowest BCUT2D eigenvalue weighted by Gasteiger charge is -2.27. The molecule has 0 unspecified atom stereocenters. The monoisotopic (exact) mass is 767 g/mol. The van der Waals surface area contributed by atoms with Crippen molar-refractivity contribution in [1.82, 2.24) is 61.8 Å². The maximum Gasteiger partial charge on any atom is 0.326 e. The van der Waals surface area contributed by atoms with E-state index in [1.54, 1.807) is 0 Å². The molecule has 298 valence electrons. The van der Waals surface area contributed by atoms with Crippen molar-refractivity contribution in [2.75, 3.05) is 6.54 Å². The Balaban J connectivity index is 1.54. The van der Waals surface area contributed by atoms with Crippen molar-refractivity contribution in [2.45, 2.75) is 101 Å². The SMILES string of the molecule is CC(C)C[C@H](NC(=O)[C@H](Cc1c[nH]cn1)NC(=O)[C@H](Cc1c[nH]cn1)NC(=O)[C@H](CCC(N)=O)NC(=O)[C@@H]1CCCN1)C(=O)N[C@@H](Cc1c[nH]cn1)C(=O)O. The number of carbonyl (C=O) groups is 7. The maximum atomic E-state index is 14.0. The zero-order valence-electron chi connectivity index (χ0n) is 30.6. The van der Waals surface area contributed by atoms with E-state index in [2.05, 4.69) is 61.8 Å². The van der Waals surface area contributed by atoms with E-state index in [9.17, 15) is 38.7 Å². The molecule has 3 aromatic rings. The molecule has 0 spiro atoms. The van der Waals surface area contributed by atoms with Crippen LogP contribution in [0.15, 0.2) is 37.6 Å². The molecule has 1 saturated heterocycles. The highest BCUT2D eigenvalue weighted by Gasteiger charge is 2.34. The number of amides is 6. The largest absolute Gasteiger partial charge is 0.480 e. The third-order valence-corrected chi connectivity index (χ3v) is 8.81. The van der Waals surface area contributed by atoms with E-state index >= 15 is 0 Å². The van der Waals surface area contributed by atoms with E-state index < -0.39 is 77.7 Å². The van der Waals surface area contributed by atoms with Gasteiger partial charge in [0.25, 0.3) is 0 Å². The topological polar surface area (TPSA) is 324 Å². The molecule has 12 N–H and O–H groups in total. The van der Waals surface area contributed by atoms with Crippen LogP contribution in [0.2, 0.25) is 0 Å². The fourth-order valence-electron chi connectivity index (χ4n) is 5.98. The third kappa shape index (κ3) is 13.4. The summed E-state index contributed by atoms with van der Waals surface area (Å²) in [5.41, 5.74) is 6.52. The summed E-state index contributed by atoms with van der Waals surface area (Å²) >= 11 is 0. The van der Waals surface area contributed by atoms with Gasteiger partial charge < -0.3 is 57.7 Å². The van der Waals surface area contributed by atoms with E-state index in [1.165, 1.54) is 37.6 Å². The predicted molar refractivity (Wildman–Crippen MR) is 193 cm³/mol. The summed E-state index contributed by atoms with van der Waals surface area (Å²) in [4.78, 5) is 112. The normalized spacial score (nSPS) is 16.6. The lowest BCUT2D eigenvalue weighted by atomic mass is 10.0. The van der Waals surface area contributed by atoms with Crippen LogP contribution >= 0.6 is 0 Å². The van der Waals surface area contributed by atoms with E-state index in [0.29, 0.717) is 30.0 Å². The Hall–Kier alpha value is -6.12. The Morgan fingerprint density at radius 1 is 0.709 bits per heavy atom. The molecule has 0 radical (unpaired) electrons. The average Bonchev–Trinajstić information content (AvgIpc) is 3.98. The Kier molecular flexibility index (Phi) is 15.4. The van der Waals surface area contributed by atoms with Gasteiger partial charge in [-0.15, -0.1) is 0 Å². The molecule has 4 rings (SSSR count). The molecule has 0 bridgehead atoms. The number of rotatable bonds is 22. The Morgan fingerprint density at radius 2 is 1.16 bits per heavy atom. The molecular weight excluding hydrogens is 718 g/mol. The van der Waals surface area contributed by atoms with Crippen LogP contribution in [0.3, 0.4) is 0 Å². The minimum Gasteiger partial charge on any atom is -0.480 e. The van der Waals surface area contributed by atoms with Gasteiger partial charge in [-0.25, -0.2) is 19.7 Å². The molecule has 55 heavy (non-hydrogen) atoms. The van der Waals surface area contributed by atoms with Crippen LogP contribution in [-0.2, 0) is 52.8 Å². The van der Waals surface area contributed by atoms with E-state index in [1.807, 2.05) is 13.8 Å². The number of primary amides is 1. The smallest absolute Gasteiger partial charge is 0.326 e. The maximum absolute atomic E-state index is 14.0. The minimum atomic E-state index is -1.35. The van der Waals surface area contributed by atoms with Crippen molar-refractivity contribution < 1.29 is 38.7 Å². The molecule has 6 atom stereocenters. The molecule has 21 nitrogen and oxygen atoms in total. The predicted octanol–water partition coefficient (Wildman–Crippen LogP) is -2.54. The quantitative estimate of drug-likeness (QED) is 0.0504. The second kappa shape index (κ2) is 20.4. The number of aromatic amines is 3. The fraction of sp³-hybridized carbons (Fsp3) is 0.529. The Bertz CT molecular complexity index is 1720. The van der Waals surface area contributed by atoms with Gasteiger partial charge in [0, 0.05) is 44.3 Å². The van der Waals surface area contributed by atoms with Gasteiger partial charge in [0.1, 0.15) is 30.2 Å². The second-order valence-corrected chi connectivity index (χ2v) is 13.7. The van der Waals surface area contributed by atoms with E-state index in [-0.39, 0.29) is 44.4 Å². The molecule has 6 amide bonds. The molecule has 0 aromatic carbocycles. The summed E-state index contributed by atoms with van der Waals surface area (Å²) < 4.78 is 0. The van der Waals surface area contributed by atoms with Crippen molar-refractivity contribution in [3.8, 4) is 0 Å². The van der Waals surface area contributed by atoms with Crippen LogP contribution < -0.4 is 37.6 Å². The summed E-state index contributed by atoms with van der Waals surface area (Å²) in [5.74, 6) is -5.66. The highest BCUT2D eigenvalue weighted by atomic mass is 16.4. The van der Waals surface area contributed by atoms with Crippen LogP contribution in [-0.4, -0.2) is 119 Å². The first-order valence-electron chi connectivity index (χ1n) is 18.0. The van der Waals surface area contributed by atoms with Gasteiger partial charge in [-0.05, 0) is 38.1 Å². The Labute approximate surface area is 316 Å². The summed E-state index contributed by atoms with van der Waals surface area (Å²) in [5, 5.41) is 26.0. The first-order valence-corrected chi connectivity index (χ1v) is 18.0. The minimum absolute atomic E-state index is 0.113. The molecule has 21 heteroatoms. The molecule has 4 heterocycles. The van der Waals surface area contributed by atoms with Crippen molar-refractivity contribution in [3.63, 3.8) is 0 Å². The highest BCUT2D eigenvalue weighted by Crippen LogP contribution is 2.11. The Morgan fingerprint density at radius 3 is 1.58 bits per heavy atom. The van der Waals surface area contributed by atoms with E-state index in [4.69, 9.17) is 5.73 Å². The van der Waals surface area contributed by atoms with Gasteiger partial charge in [0.15, 0.2) is 0 Å². The van der Waals surface area contributed by atoms with Crippen molar-refractivity contribution in [1.29, 1.82) is 0 Å². The number of imidazole rings is 3. The van der Waals surface area contributed by atoms with Gasteiger partial charge >= 0.3 is 5.97 Å². The lowest BCUT2D eigenvalue weighted by Crippen LogP contribution is -2.60. The fourth-order valence-corrected chi connectivity index (χ4v) is 5.98. The zero-order chi connectivity index (χ0) is 39.9. The number of hydrogen-bond acceptors (Lipinski definition) is 11. The number of carboxylic acids is 1. The van der Waals surface area contributed by atoms with Crippen LogP contribution in [0.25, 0.3) is 0 Å². The number of nitrogens with two attached hydrogens (primary N) is 1. The number of nitrogens with zero attached hydrogens (tertiary/aromatic N) is 3. The van der Waals surface area contributed by atoms with Crippen LogP contribution in [0, 0.1) is 5.92 Å². The number of hydrogen-bond donors (Lipinski definition) is 11. The second-order valence-electron chi connectivity index (χ2n) is 13.7. The number of aromatic nitrogens is 6. The number of carbonyl (C=O) groups excluding carboxylic acids is 6. The highest BCUT2D eigenvalue weighted by molar-refractivity contribution is 5.96. The summed E-state index contributed by atoms with van der Waals surface area (Å²) in [6.07, 6.45) is 9.41. The standard InChI is InChI=1S/C34H49N13O8/c1-18(2)8-24(31(51)47-27(34(54)55)11-21-14-38-17-42-21)44-32(52)26(10-20-13-37-16-41-20)46-33(53)25(9-19-12-36-15-40-19)45-30(50)23(5-6-28(35)48)43-29(49)22-4-3-7-39-22/h12-18,22-27,39H,3-11H2,1-2H3,(H2,35,48)(H,36,40)(H,37,41)(H,38,42)(H,43,49)(H,44,52)(H,45,50)(H,46,53)(H,47,51)(H,54,55)/t22-,23-,24-,25-,26-,27-/m0/s1. The van der Waals surface area contributed by atoms with Gasteiger partial charge in [-0.1, -0.05) is 13.8 Å². The average molecular weight is 768 g/mol. The van der Waals surface area contributed by atoms with Crippen LogP contribution in [0.5, 0.6) is 0 Å². The summed E-state index contributed by atoms with van der Waals surface area (Å²) in [6.45, 7) is 4.27. The molecular formula is C34H49N13O8. The zero-order valence-corrected chi connectivity index (χ0v) is 30.6. The molecule has 0 aliphatic carbocycles. The first kappa shape index (κ1) is 41.6. The number of carboxylic acid groups (broad SMARTS) is 1. The summed E-state index contributed by atoms with van der Waals surface area (Å²) in [7, 11) is 0.